The summed E-state index contributed by atoms with van der Waals surface area (Å²) in [5.41, 5.74) is 6.55. The van der Waals surface area contributed by atoms with Gasteiger partial charge in [-0.1, -0.05) is 25.4 Å². The highest BCUT2D eigenvalue weighted by Gasteiger charge is 2.27. The van der Waals surface area contributed by atoms with E-state index in [0.29, 0.717) is 47.1 Å². The molecule has 2 N–H and O–H groups in total. The van der Waals surface area contributed by atoms with Crippen molar-refractivity contribution >= 4 is 29.9 Å². The molecule has 0 radical (unpaired) electrons. The zero-order valence-corrected chi connectivity index (χ0v) is 18.2. The van der Waals surface area contributed by atoms with Gasteiger partial charge in [0.2, 0.25) is 0 Å². The van der Waals surface area contributed by atoms with E-state index in [1.54, 1.807) is 19.2 Å². The van der Waals surface area contributed by atoms with Crippen LogP contribution in [0.4, 0.5) is 0 Å². The summed E-state index contributed by atoms with van der Waals surface area (Å²) >= 11 is 6.40. The van der Waals surface area contributed by atoms with Crippen molar-refractivity contribution in [2.24, 2.45) is 17.6 Å². The van der Waals surface area contributed by atoms with Gasteiger partial charge in [0.1, 0.15) is 0 Å². The van der Waals surface area contributed by atoms with Gasteiger partial charge >= 0.3 is 0 Å². The first-order valence-corrected chi connectivity index (χ1v) is 9.76. The minimum absolute atomic E-state index is 0. The number of likely N-dealkylation sites (tertiary alicyclic amines) is 1. The number of halogens is 2. The summed E-state index contributed by atoms with van der Waals surface area (Å²) in [6, 6.07) is 3.47. The molecule has 0 spiro atoms. The van der Waals surface area contributed by atoms with Crippen molar-refractivity contribution < 1.29 is 14.3 Å². The highest BCUT2D eigenvalue weighted by atomic mass is 35.5. The molecule has 0 aromatic heterocycles. The second-order valence-electron chi connectivity index (χ2n) is 7.53. The fraction of sp³-hybridized carbons (Fsp3) is 0.650. The van der Waals surface area contributed by atoms with Gasteiger partial charge in [-0.15, -0.1) is 12.4 Å². The number of methoxy groups -OCH3 is 1. The molecule has 1 aliphatic heterocycles. The van der Waals surface area contributed by atoms with Gasteiger partial charge in [-0.25, -0.2) is 0 Å². The Hall–Kier alpha value is -1.17. The summed E-state index contributed by atoms with van der Waals surface area (Å²) < 4.78 is 11.2. The minimum Gasteiger partial charge on any atom is -0.493 e. The summed E-state index contributed by atoms with van der Waals surface area (Å²) in [5, 5.41) is 0.400. The van der Waals surface area contributed by atoms with E-state index in [-0.39, 0.29) is 24.4 Å². The highest BCUT2D eigenvalue weighted by molar-refractivity contribution is 6.32. The first kappa shape index (κ1) is 23.9. The van der Waals surface area contributed by atoms with Gasteiger partial charge in [-0.05, 0) is 50.2 Å². The van der Waals surface area contributed by atoms with Crippen LogP contribution in [-0.2, 0) is 0 Å². The monoisotopic (exact) mass is 418 g/mol. The molecule has 1 saturated heterocycles. The van der Waals surface area contributed by atoms with Crippen molar-refractivity contribution in [1.82, 2.24) is 4.90 Å². The third-order valence-electron chi connectivity index (χ3n) is 4.91. The molecule has 2 atom stereocenters. The van der Waals surface area contributed by atoms with Crippen molar-refractivity contribution in [2.75, 3.05) is 26.8 Å². The standard InChI is InChI=1S/C20H31ClN2O3.ClH/c1-13(2)7-9-26-19-17(21)10-16(11-18(19)25-4)20(24)23-8-5-6-15(12-23)14(3)22;/h10-11,13-15H,5-9,12,22H2,1-4H3;1H. The highest BCUT2D eigenvalue weighted by Crippen LogP contribution is 2.37. The first-order valence-electron chi connectivity index (χ1n) is 9.38. The van der Waals surface area contributed by atoms with Crippen LogP contribution in [-0.4, -0.2) is 43.7 Å². The summed E-state index contributed by atoms with van der Waals surface area (Å²) in [5.74, 6) is 1.83. The SMILES string of the molecule is COc1cc(C(=O)N2CCCC(C(C)N)C2)cc(Cl)c1OCCC(C)C.Cl. The summed E-state index contributed by atoms with van der Waals surface area (Å²) in [6.45, 7) is 8.26. The van der Waals surface area contributed by atoms with Gasteiger partial charge in [0.25, 0.3) is 5.91 Å². The number of hydrogen-bond acceptors (Lipinski definition) is 4. The predicted octanol–water partition coefficient (Wildman–Crippen LogP) is 4.39. The lowest BCUT2D eigenvalue weighted by molar-refractivity contribution is 0.0660. The Balaban J connectivity index is 0.00000364. The van der Waals surface area contributed by atoms with Crippen LogP contribution < -0.4 is 15.2 Å². The van der Waals surface area contributed by atoms with Gasteiger partial charge in [0.05, 0.1) is 18.7 Å². The molecule has 5 nitrogen and oxygen atoms in total. The van der Waals surface area contributed by atoms with E-state index in [0.717, 1.165) is 25.8 Å². The van der Waals surface area contributed by atoms with Crippen molar-refractivity contribution in [3.05, 3.63) is 22.7 Å². The summed E-state index contributed by atoms with van der Waals surface area (Å²) in [6.07, 6.45) is 2.96. The lowest BCUT2D eigenvalue weighted by Crippen LogP contribution is -2.45. The van der Waals surface area contributed by atoms with Gasteiger partial charge in [0.15, 0.2) is 11.5 Å². The molecule has 0 aliphatic carbocycles. The number of benzene rings is 1. The largest absolute Gasteiger partial charge is 0.493 e. The molecule has 2 unspecified atom stereocenters. The first-order chi connectivity index (χ1) is 12.3. The van der Waals surface area contributed by atoms with Gasteiger partial charge in [-0.2, -0.15) is 0 Å². The number of nitrogens with two attached hydrogens (primary N) is 1. The maximum atomic E-state index is 12.9. The zero-order chi connectivity index (χ0) is 19.3. The van der Waals surface area contributed by atoms with Crippen molar-refractivity contribution in [2.45, 2.75) is 46.1 Å². The number of nitrogens with zero attached hydrogens (tertiary/aromatic N) is 1. The molecule has 1 aromatic rings. The number of carbonyl (C=O) groups excluding carboxylic acids is 1. The topological polar surface area (TPSA) is 64.8 Å². The zero-order valence-electron chi connectivity index (χ0n) is 16.7. The number of piperidine rings is 1. The van der Waals surface area contributed by atoms with Gasteiger partial charge in [0, 0.05) is 24.7 Å². The van der Waals surface area contributed by atoms with E-state index in [2.05, 4.69) is 13.8 Å². The Kier molecular flexibility index (Phi) is 9.71. The molecule has 7 heteroatoms. The van der Waals surface area contributed by atoms with Crippen LogP contribution in [0.2, 0.25) is 5.02 Å². The molecule has 2 rings (SSSR count). The molecule has 0 bridgehead atoms. The normalized spacial score (nSPS) is 18.0. The smallest absolute Gasteiger partial charge is 0.254 e. The van der Waals surface area contributed by atoms with Crippen molar-refractivity contribution in [1.29, 1.82) is 0 Å². The van der Waals surface area contributed by atoms with E-state index in [1.807, 2.05) is 11.8 Å². The van der Waals surface area contributed by atoms with Crippen LogP contribution in [0.15, 0.2) is 12.1 Å². The Labute approximate surface area is 173 Å². The molecular weight excluding hydrogens is 387 g/mol. The van der Waals surface area contributed by atoms with Crippen LogP contribution in [0.5, 0.6) is 11.5 Å². The average Bonchev–Trinajstić information content (AvgIpc) is 2.61. The Morgan fingerprint density at radius 2 is 2.07 bits per heavy atom. The lowest BCUT2D eigenvalue weighted by Gasteiger charge is -2.34. The number of ether oxygens (including phenoxy) is 2. The minimum atomic E-state index is -0.0377. The van der Waals surface area contributed by atoms with Crippen molar-refractivity contribution in [3.63, 3.8) is 0 Å². The lowest BCUT2D eigenvalue weighted by atomic mass is 9.92. The average molecular weight is 419 g/mol. The summed E-state index contributed by atoms with van der Waals surface area (Å²) in [7, 11) is 1.56. The Bertz CT molecular complexity index is 623. The molecule has 1 heterocycles. The van der Waals surface area contributed by atoms with E-state index in [4.69, 9.17) is 26.8 Å². The fourth-order valence-corrected chi connectivity index (χ4v) is 3.45. The number of rotatable bonds is 7. The van der Waals surface area contributed by atoms with E-state index in [9.17, 15) is 4.79 Å². The fourth-order valence-electron chi connectivity index (χ4n) is 3.19. The third-order valence-corrected chi connectivity index (χ3v) is 5.19. The van der Waals surface area contributed by atoms with Crippen LogP contribution in [0.1, 0.15) is 50.4 Å². The quantitative estimate of drug-likeness (QED) is 0.712. The Morgan fingerprint density at radius 3 is 2.67 bits per heavy atom. The Morgan fingerprint density at radius 1 is 1.37 bits per heavy atom. The molecule has 1 fully saturated rings. The molecule has 1 aliphatic rings. The maximum absolute atomic E-state index is 12.9. The van der Waals surface area contributed by atoms with Gasteiger partial charge < -0.3 is 20.1 Å². The second kappa shape index (κ2) is 11.0. The van der Waals surface area contributed by atoms with E-state index >= 15 is 0 Å². The van der Waals surface area contributed by atoms with Crippen molar-refractivity contribution in [3.8, 4) is 11.5 Å². The molecule has 154 valence electrons. The summed E-state index contributed by atoms with van der Waals surface area (Å²) in [4.78, 5) is 14.8. The maximum Gasteiger partial charge on any atom is 0.254 e. The molecule has 1 amide bonds. The molecular formula is C20H32Cl2N2O3. The number of hydrogen-bond donors (Lipinski definition) is 1. The predicted molar refractivity (Wildman–Crippen MR) is 112 cm³/mol. The number of carbonyl (C=O) groups is 1. The number of amides is 1. The van der Waals surface area contributed by atoms with Gasteiger partial charge in [-0.3, -0.25) is 4.79 Å². The molecule has 27 heavy (non-hydrogen) atoms. The van der Waals surface area contributed by atoms with Crippen LogP contribution >= 0.6 is 24.0 Å². The molecule has 1 aromatic carbocycles. The van der Waals surface area contributed by atoms with E-state index in [1.165, 1.54) is 0 Å². The second-order valence-corrected chi connectivity index (χ2v) is 7.94. The van der Waals surface area contributed by atoms with Crippen LogP contribution in [0.25, 0.3) is 0 Å². The third kappa shape index (κ3) is 6.44. The van der Waals surface area contributed by atoms with Crippen LogP contribution in [0, 0.1) is 11.8 Å². The van der Waals surface area contributed by atoms with E-state index < -0.39 is 0 Å². The molecule has 0 saturated carbocycles. The van der Waals surface area contributed by atoms with Crippen LogP contribution in [0.3, 0.4) is 0 Å².